The van der Waals surface area contributed by atoms with Gasteiger partial charge in [-0.15, -0.1) is 0 Å². The van der Waals surface area contributed by atoms with E-state index in [1.807, 2.05) is 4.90 Å². The van der Waals surface area contributed by atoms with Crippen LogP contribution in [0.4, 0.5) is 5.95 Å². The molecule has 2 aromatic heterocycles. The molecule has 0 radical (unpaired) electrons. The first-order chi connectivity index (χ1) is 9.83. The van der Waals surface area contributed by atoms with Crippen LogP contribution >= 0.6 is 11.3 Å². The molecule has 20 heavy (non-hydrogen) atoms. The molecular formula is C13H17N5OS. The summed E-state index contributed by atoms with van der Waals surface area (Å²) in [6.07, 6.45) is 2.94. The third-order valence-corrected chi connectivity index (χ3v) is 4.27. The summed E-state index contributed by atoms with van der Waals surface area (Å²) in [5, 5.41) is 10.9. The molecule has 1 fully saturated rings. The van der Waals surface area contributed by atoms with Gasteiger partial charge in [0.15, 0.2) is 0 Å². The van der Waals surface area contributed by atoms with E-state index in [2.05, 4.69) is 36.9 Å². The lowest BCUT2D eigenvalue weighted by Gasteiger charge is -2.34. The van der Waals surface area contributed by atoms with Crippen LogP contribution in [0.3, 0.4) is 0 Å². The van der Waals surface area contributed by atoms with Gasteiger partial charge in [-0.2, -0.15) is 21.4 Å². The molecule has 1 aliphatic rings. The lowest BCUT2D eigenvalue weighted by molar-refractivity contribution is -0.131. The number of rotatable bonds is 4. The number of hydrogen-bond acceptors (Lipinski definition) is 5. The molecule has 0 saturated carbocycles. The molecule has 0 bridgehead atoms. The highest BCUT2D eigenvalue weighted by Gasteiger charge is 2.22. The molecule has 1 N–H and O–H groups in total. The number of amides is 1. The van der Waals surface area contributed by atoms with Gasteiger partial charge in [0, 0.05) is 32.6 Å². The summed E-state index contributed by atoms with van der Waals surface area (Å²) in [5.74, 6) is 1.03. The van der Waals surface area contributed by atoms with E-state index in [4.69, 9.17) is 0 Å². The van der Waals surface area contributed by atoms with Gasteiger partial charge in [0.25, 0.3) is 0 Å². The number of nitrogens with one attached hydrogen (secondary N) is 1. The first-order valence-corrected chi connectivity index (χ1v) is 7.66. The fourth-order valence-corrected chi connectivity index (χ4v) is 3.07. The van der Waals surface area contributed by atoms with Crippen LogP contribution in [0.25, 0.3) is 0 Å². The third kappa shape index (κ3) is 2.98. The lowest BCUT2D eigenvalue weighted by Crippen LogP contribution is -2.49. The number of carbonyl (C=O) groups excluding carboxylic acids is 1. The normalized spacial score (nSPS) is 15.6. The average molecular weight is 291 g/mol. The summed E-state index contributed by atoms with van der Waals surface area (Å²) in [5.41, 5.74) is 1.25. The van der Waals surface area contributed by atoms with E-state index in [1.54, 1.807) is 11.3 Å². The molecule has 1 aliphatic heterocycles. The van der Waals surface area contributed by atoms with Crippen molar-refractivity contribution in [3.8, 4) is 0 Å². The van der Waals surface area contributed by atoms with Gasteiger partial charge in [0.1, 0.15) is 6.33 Å². The maximum Gasteiger partial charge on any atom is 0.223 e. The van der Waals surface area contributed by atoms with Gasteiger partial charge in [-0.25, -0.2) is 5.10 Å². The van der Waals surface area contributed by atoms with Gasteiger partial charge >= 0.3 is 0 Å². The fraction of sp³-hybridized carbons (Fsp3) is 0.462. The number of piperazine rings is 1. The number of aromatic amines is 1. The Morgan fingerprint density at radius 3 is 2.85 bits per heavy atom. The zero-order chi connectivity index (χ0) is 13.8. The average Bonchev–Trinajstić information content (AvgIpc) is 3.18. The predicted octanol–water partition coefficient (Wildman–Crippen LogP) is 1.15. The minimum absolute atomic E-state index is 0.244. The molecule has 0 atom stereocenters. The number of H-pyrrole nitrogens is 1. The Morgan fingerprint density at radius 1 is 1.35 bits per heavy atom. The highest BCUT2D eigenvalue weighted by Crippen LogP contribution is 2.12. The van der Waals surface area contributed by atoms with Crippen molar-refractivity contribution in [2.45, 2.75) is 12.8 Å². The summed E-state index contributed by atoms with van der Waals surface area (Å²) in [7, 11) is 0. The summed E-state index contributed by atoms with van der Waals surface area (Å²) < 4.78 is 0. The minimum atomic E-state index is 0.244. The Morgan fingerprint density at radius 2 is 2.20 bits per heavy atom. The Balaban J connectivity index is 1.46. The number of anilines is 1. The van der Waals surface area contributed by atoms with Crippen molar-refractivity contribution >= 4 is 23.2 Å². The van der Waals surface area contributed by atoms with Crippen LogP contribution in [0.15, 0.2) is 23.2 Å². The second-order valence-electron chi connectivity index (χ2n) is 4.81. The Labute approximate surface area is 121 Å². The van der Waals surface area contributed by atoms with Crippen molar-refractivity contribution in [3.05, 3.63) is 28.7 Å². The van der Waals surface area contributed by atoms with Crippen LogP contribution in [0.1, 0.15) is 12.0 Å². The predicted molar refractivity (Wildman–Crippen MR) is 77.8 cm³/mol. The summed E-state index contributed by atoms with van der Waals surface area (Å²) in [6.45, 7) is 3.12. The van der Waals surface area contributed by atoms with E-state index in [1.165, 1.54) is 11.9 Å². The zero-order valence-electron chi connectivity index (χ0n) is 11.2. The fourth-order valence-electron chi connectivity index (χ4n) is 2.36. The van der Waals surface area contributed by atoms with Gasteiger partial charge in [-0.3, -0.25) is 4.79 Å². The van der Waals surface area contributed by atoms with E-state index in [0.29, 0.717) is 6.42 Å². The second-order valence-corrected chi connectivity index (χ2v) is 5.59. The first kappa shape index (κ1) is 13.1. The molecule has 0 aliphatic carbocycles. The Kier molecular flexibility index (Phi) is 3.96. The van der Waals surface area contributed by atoms with E-state index < -0.39 is 0 Å². The highest BCUT2D eigenvalue weighted by molar-refractivity contribution is 7.07. The van der Waals surface area contributed by atoms with Crippen molar-refractivity contribution in [2.75, 3.05) is 31.1 Å². The number of nitrogens with zero attached hydrogens (tertiary/aromatic N) is 4. The van der Waals surface area contributed by atoms with Crippen LogP contribution in [-0.4, -0.2) is 52.2 Å². The van der Waals surface area contributed by atoms with Gasteiger partial charge in [0.05, 0.1) is 0 Å². The largest absolute Gasteiger partial charge is 0.339 e. The van der Waals surface area contributed by atoms with Gasteiger partial charge in [-0.05, 0) is 28.8 Å². The molecule has 3 heterocycles. The molecule has 1 amide bonds. The minimum Gasteiger partial charge on any atom is -0.339 e. The molecule has 6 nitrogen and oxygen atoms in total. The van der Waals surface area contributed by atoms with E-state index in [9.17, 15) is 4.79 Å². The van der Waals surface area contributed by atoms with Crippen molar-refractivity contribution in [3.63, 3.8) is 0 Å². The van der Waals surface area contributed by atoms with Crippen molar-refractivity contribution in [1.82, 2.24) is 20.1 Å². The van der Waals surface area contributed by atoms with Crippen LogP contribution < -0.4 is 4.90 Å². The molecule has 2 aromatic rings. The van der Waals surface area contributed by atoms with Crippen LogP contribution in [-0.2, 0) is 11.2 Å². The molecule has 3 rings (SSSR count). The lowest BCUT2D eigenvalue weighted by atomic mass is 10.1. The quantitative estimate of drug-likeness (QED) is 0.917. The van der Waals surface area contributed by atoms with E-state index in [-0.39, 0.29) is 5.91 Å². The summed E-state index contributed by atoms with van der Waals surface area (Å²) in [4.78, 5) is 20.4. The molecular weight excluding hydrogens is 274 g/mol. The molecule has 0 aromatic carbocycles. The monoisotopic (exact) mass is 291 g/mol. The van der Waals surface area contributed by atoms with E-state index in [0.717, 1.165) is 38.5 Å². The maximum atomic E-state index is 12.2. The first-order valence-electron chi connectivity index (χ1n) is 6.72. The maximum absolute atomic E-state index is 12.2. The molecule has 106 valence electrons. The van der Waals surface area contributed by atoms with Crippen LogP contribution in [0.2, 0.25) is 0 Å². The van der Waals surface area contributed by atoms with Crippen molar-refractivity contribution in [2.24, 2.45) is 0 Å². The Bertz CT molecular complexity index is 531. The van der Waals surface area contributed by atoms with Crippen molar-refractivity contribution in [1.29, 1.82) is 0 Å². The Hall–Kier alpha value is -1.89. The van der Waals surface area contributed by atoms with Crippen LogP contribution in [0, 0.1) is 0 Å². The molecule has 0 unspecified atom stereocenters. The smallest absolute Gasteiger partial charge is 0.223 e. The molecule has 1 saturated heterocycles. The molecule has 7 heteroatoms. The standard InChI is InChI=1S/C13H17N5OS/c19-12(2-1-11-3-8-20-9-11)17-4-6-18(7-5-17)13-14-10-15-16-13/h3,8-10H,1-2,4-7H2,(H,14,15,16). The second kappa shape index (κ2) is 6.04. The summed E-state index contributed by atoms with van der Waals surface area (Å²) >= 11 is 1.68. The molecule has 0 spiro atoms. The van der Waals surface area contributed by atoms with Gasteiger partial charge in [-0.1, -0.05) is 0 Å². The number of aryl methyl sites for hydroxylation is 1. The third-order valence-electron chi connectivity index (χ3n) is 3.54. The number of hydrogen-bond donors (Lipinski definition) is 1. The van der Waals surface area contributed by atoms with Crippen LogP contribution in [0.5, 0.6) is 0 Å². The zero-order valence-corrected chi connectivity index (χ0v) is 12.0. The number of thiophene rings is 1. The van der Waals surface area contributed by atoms with E-state index >= 15 is 0 Å². The van der Waals surface area contributed by atoms with Gasteiger partial charge in [0.2, 0.25) is 11.9 Å². The topological polar surface area (TPSA) is 65.1 Å². The van der Waals surface area contributed by atoms with Gasteiger partial charge < -0.3 is 9.80 Å². The highest BCUT2D eigenvalue weighted by atomic mass is 32.1. The number of carbonyl (C=O) groups is 1. The van der Waals surface area contributed by atoms with Crippen molar-refractivity contribution < 1.29 is 4.79 Å². The summed E-state index contributed by atoms with van der Waals surface area (Å²) in [6, 6.07) is 2.08. The number of aromatic nitrogens is 3. The SMILES string of the molecule is O=C(CCc1ccsc1)N1CCN(c2ncn[nH]2)CC1.